The molecule has 0 bridgehead atoms. The number of aromatic nitrogens is 1. The summed E-state index contributed by atoms with van der Waals surface area (Å²) < 4.78 is 5.43. The van der Waals surface area contributed by atoms with Gasteiger partial charge in [0.15, 0.2) is 0 Å². The van der Waals surface area contributed by atoms with E-state index in [-0.39, 0.29) is 5.91 Å². The summed E-state index contributed by atoms with van der Waals surface area (Å²) in [5.74, 6) is 1.47. The fraction of sp³-hybridized carbons (Fsp3) is 0.333. The molecule has 6 heteroatoms. The topological polar surface area (TPSA) is 72.4 Å². The van der Waals surface area contributed by atoms with Crippen LogP contribution in [0.1, 0.15) is 27.0 Å². The Morgan fingerprint density at radius 2 is 2.33 bits per heavy atom. The van der Waals surface area contributed by atoms with Crippen LogP contribution in [-0.4, -0.2) is 22.8 Å². The first-order valence-corrected chi connectivity index (χ1v) is 6.43. The van der Waals surface area contributed by atoms with Crippen molar-refractivity contribution in [3.8, 4) is 0 Å². The van der Waals surface area contributed by atoms with Gasteiger partial charge >= 0.3 is 0 Å². The first-order valence-electron chi connectivity index (χ1n) is 5.55. The maximum absolute atomic E-state index is 12.1. The molecule has 0 spiro atoms. The third-order valence-corrected chi connectivity index (χ3v) is 3.35. The van der Waals surface area contributed by atoms with E-state index in [0.717, 1.165) is 16.5 Å². The fourth-order valence-corrected chi connectivity index (χ4v) is 2.22. The maximum atomic E-state index is 12.1. The number of nitrogens with zero attached hydrogens (tertiary/aromatic N) is 2. The quantitative estimate of drug-likeness (QED) is 0.914. The molecule has 0 aromatic carbocycles. The Labute approximate surface area is 109 Å². The summed E-state index contributed by atoms with van der Waals surface area (Å²) in [6.45, 7) is 2.67. The Hall–Kier alpha value is -1.66. The standard InChI is InChI=1S/C12H15N3O2S/c1-8-3-4-9(17-8)6-15(2)12(16)10-7-18-11(5-13)14-10/h3-4,7H,5-6,13H2,1-2H3. The van der Waals surface area contributed by atoms with Gasteiger partial charge in [-0.2, -0.15) is 0 Å². The monoisotopic (exact) mass is 265 g/mol. The van der Waals surface area contributed by atoms with Crippen molar-refractivity contribution in [3.05, 3.63) is 39.7 Å². The zero-order valence-electron chi connectivity index (χ0n) is 10.3. The van der Waals surface area contributed by atoms with Crippen LogP contribution in [0.15, 0.2) is 21.9 Å². The molecular formula is C12H15N3O2S. The number of nitrogens with two attached hydrogens (primary N) is 1. The summed E-state index contributed by atoms with van der Waals surface area (Å²) >= 11 is 1.40. The summed E-state index contributed by atoms with van der Waals surface area (Å²) in [6.07, 6.45) is 0. The SMILES string of the molecule is Cc1ccc(CN(C)C(=O)c2csc(CN)n2)o1. The molecule has 0 aliphatic carbocycles. The molecule has 0 aliphatic rings. The molecule has 18 heavy (non-hydrogen) atoms. The second-order valence-corrected chi connectivity index (χ2v) is 4.95. The molecule has 2 rings (SSSR count). The Kier molecular flexibility index (Phi) is 3.78. The van der Waals surface area contributed by atoms with Gasteiger partial charge in [0.25, 0.3) is 5.91 Å². The molecule has 2 aromatic rings. The van der Waals surface area contributed by atoms with Gasteiger partial charge in [-0.15, -0.1) is 11.3 Å². The molecule has 0 saturated carbocycles. The van der Waals surface area contributed by atoms with Crippen LogP contribution in [0.4, 0.5) is 0 Å². The van der Waals surface area contributed by atoms with Gasteiger partial charge < -0.3 is 15.1 Å². The number of furan rings is 1. The van der Waals surface area contributed by atoms with Crippen molar-refractivity contribution in [2.24, 2.45) is 5.73 Å². The van der Waals surface area contributed by atoms with Crippen LogP contribution in [0.2, 0.25) is 0 Å². The highest BCUT2D eigenvalue weighted by atomic mass is 32.1. The third kappa shape index (κ3) is 2.77. The van der Waals surface area contributed by atoms with Gasteiger partial charge in [0.05, 0.1) is 6.54 Å². The van der Waals surface area contributed by atoms with Crippen molar-refractivity contribution in [3.63, 3.8) is 0 Å². The minimum atomic E-state index is -0.125. The molecule has 2 heterocycles. The summed E-state index contributed by atoms with van der Waals surface area (Å²) in [6, 6.07) is 3.74. The van der Waals surface area contributed by atoms with E-state index in [0.29, 0.717) is 18.8 Å². The van der Waals surface area contributed by atoms with E-state index in [1.807, 2.05) is 19.1 Å². The predicted molar refractivity (Wildman–Crippen MR) is 69.2 cm³/mol. The first kappa shape index (κ1) is 12.8. The Balaban J connectivity index is 2.04. The molecular weight excluding hydrogens is 250 g/mol. The number of amides is 1. The predicted octanol–water partition coefficient (Wildman–Crippen LogP) is 1.78. The summed E-state index contributed by atoms with van der Waals surface area (Å²) in [5, 5.41) is 2.50. The number of aryl methyl sites for hydroxylation is 1. The van der Waals surface area contributed by atoms with Crippen LogP contribution in [0.5, 0.6) is 0 Å². The van der Waals surface area contributed by atoms with Crippen LogP contribution < -0.4 is 5.73 Å². The molecule has 5 nitrogen and oxygen atoms in total. The van der Waals surface area contributed by atoms with Gasteiger partial charge in [-0.25, -0.2) is 4.98 Å². The third-order valence-electron chi connectivity index (χ3n) is 2.48. The molecule has 1 amide bonds. The van der Waals surface area contributed by atoms with E-state index in [1.54, 1.807) is 17.3 Å². The van der Waals surface area contributed by atoms with Crippen LogP contribution in [0.3, 0.4) is 0 Å². The second-order valence-electron chi connectivity index (χ2n) is 4.00. The van der Waals surface area contributed by atoms with Crippen LogP contribution >= 0.6 is 11.3 Å². The summed E-state index contributed by atoms with van der Waals surface area (Å²) in [7, 11) is 1.72. The number of hydrogen-bond acceptors (Lipinski definition) is 5. The van der Waals surface area contributed by atoms with E-state index >= 15 is 0 Å². The lowest BCUT2D eigenvalue weighted by molar-refractivity contribution is 0.0770. The van der Waals surface area contributed by atoms with Crippen molar-refractivity contribution in [1.29, 1.82) is 0 Å². The molecule has 0 radical (unpaired) electrons. The van der Waals surface area contributed by atoms with Gasteiger partial charge in [-0.3, -0.25) is 4.79 Å². The summed E-state index contributed by atoms with van der Waals surface area (Å²) in [5.41, 5.74) is 5.91. The highest BCUT2D eigenvalue weighted by Gasteiger charge is 2.16. The molecule has 0 fully saturated rings. The van der Waals surface area contributed by atoms with E-state index in [4.69, 9.17) is 10.2 Å². The molecule has 0 unspecified atom stereocenters. The number of thiazole rings is 1. The molecule has 0 atom stereocenters. The zero-order valence-corrected chi connectivity index (χ0v) is 11.2. The Morgan fingerprint density at radius 1 is 1.56 bits per heavy atom. The molecule has 0 saturated heterocycles. The maximum Gasteiger partial charge on any atom is 0.273 e. The number of carbonyl (C=O) groups excluding carboxylic acids is 1. The van der Waals surface area contributed by atoms with Crippen molar-refractivity contribution < 1.29 is 9.21 Å². The molecule has 2 N–H and O–H groups in total. The van der Waals surface area contributed by atoms with E-state index < -0.39 is 0 Å². The van der Waals surface area contributed by atoms with E-state index in [1.165, 1.54) is 11.3 Å². The Bertz CT molecular complexity index is 547. The van der Waals surface area contributed by atoms with Crippen molar-refractivity contribution in [2.45, 2.75) is 20.0 Å². The lowest BCUT2D eigenvalue weighted by Gasteiger charge is -2.13. The van der Waals surface area contributed by atoms with Gasteiger partial charge in [0.2, 0.25) is 0 Å². The smallest absolute Gasteiger partial charge is 0.273 e. The van der Waals surface area contributed by atoms with Gasteiger partial charge in [0, 0.05) is 19.0 Å². The van der Waals surface area contributed by atoms with Crippen molar-refractivity contribution in [2.75, 3.05) is 7.05 Å². The molecule has 96 valence electrons. The summed E-state index contributed by atoms with van der Waals surface area (Å²) in [4.78, 5) is 17.8. The van der Waals surface area contributed by atoms with E-state index in [2.05, 4.69) is 4.98 Å². The normalized spacial score (nSPS) is 10.6. The lowest BCUT2D eigenvalue weighted by Crippen LogP contribution is -2.26. The largest absolute Gasteiger partial charge is 0.464 e. The second kappa shape index (κ2) is 5.32. The minimum Gasteiger partial charge on any atom is -0.464 e. The first-order chi connectivity index (χ1) is 8.60. The minimum absolute atomic E-state index is 0.125. The number of hydrogen-bond donors (Lipinski definition) is 1. The fourth-order valence-electron chi connectivity index (χ4n) is 1.57. The lowest BCUT2D eigenvalue weighted by atomic mass is 10.3. The van der Waals surface area contributed by atoms with Crippen molar-refractivity contribution in [1.82, 2.24) is 9.88 Å². The number of carbonyl (C=O) groups is 1. The van der Waals surface area contributed by atoms with Crippen LogP contribution in [-0.2, 0) is 13.1 Å². The highest BCUT2D eigenvalue weighted by Crippen LogP contribution is 2.13. The van der Waals surface area contributed by atoms with Gasteiger partial charge in [-0.1, -0.05) is 0 Å². The van der Waals surface area contributed by atoms with Crippen LogP contribution in [0.25, 0.3) is 0 Å². The number of rotatable bonds is 4. The van der Waals surface area contributed by atoms with Crippen molar-refractivity contribution >= 4 is 17.2 Å². The average Bonchev–Trinajstić information content (AvgIpc) is 2.97. The molecule has 0 aliphatic heterocycles. The van der Waals surface area contributed by atoms with Gasteiger partial charge in [-0.05, 0) is 19.1 Å². The Morgan fingerprint density at radius 3 is 2.89 bits per heavy atom. The van der Waals surface area contributed by atoms with E-state index in [9.17, 15) is 4.79 Å². The molecule has 2 aromatic heterocycles. The highest BCUT2D eigenvalue weighted by molar-refractivity contribution is 7.09. The van der Waals surface area contributed by atoms with Gasteiger partial charge in [0.1, 0.15) is 22.2 Å². The zero-order chi connectivity index (χ0) is 13.1. The van der Waals surface area contributed by atoms with Crippen LogP contribution in [0, 0.1) is 6.92 Å². The average molecular weight is 265 g/mol.